The van der Waals surface area contributed by atoms with Crippen LogP contribution in [0.15, 0.2) is 11.4 Å². The summed E-state index contributed by atoms with van der Waals surface area (Å²) in [4.78, 5) is 18.5. The fourth-order valence-electron chi connectivity index (χ4n) is 4.62. The van der Waals surface area contributed by atoms with Crippen LogP contribution in [-0.4, -0.2) is 55.9 Å². The van der Waals surface area contributed by atoms with Gasteiger partial charge in [-0.25, -0.2) is 4.98 Å². The first kappa shape index (κ1) is 21.9. The van der Waals surface area contributed by atoms with Crippen LogP contribution in [0.25, 0.3) is 10.2 Å². The predicted molar refractivity (Wildman–Crippen MR) is 115 cm³/mol. The van der Waals surface area contributed by atoms with Gasteiger partial charge in [-0.05, 0) is 37.7 Å². The lowest BCUT2D eigenvalue weighted by molar-refractivity contribution is -0.136. The summed E-state index contributed by atoms with van der Waals surface area (Å²) >= 11 is 0.897. The van der Waals surface area contributed by atoms with E-state index >= 15 is 0 Å². The second-order valence-electron chi connectivity index (χ2n) is 9.02. The molecule has 1 spiro atoms. The molecule has 1 atom stereocenters. The summed E-state index contributed by atoms with van der Waals surface area (Å²) in [6.45, 7) is 2.48. The minimum Gasteiger partial charge on any atom is -0.375 e. The van der Waals surface area contributed by atoms with Crippen molar-refractivity contribution in [3.8, 4) is 0 Å². The monoisotopic (exact) mass is 469 g/mol. The second-order valence-corrected chi connectivity index (χ2v) is 9.90. The molecule has 2 aliphatic heterocycles. The maximum Gasteiger partial charge on any atom is 0.417 e. The van der Waals surface area contributed by atoms with Gasteiger partial charge in [0.25, 0.3) is 5.91 Å². The average molecular weight is 470 g/mol. The van der Waals surface area contributed by atoms with E-state index in [4.69, 9.17) is 9.47 Å². The van der Waals surface area contributed by atoms with Crippen LogP contribution in [0.3, 0.4) is 0 Å². The van der Waals surface area contributed by atoms with Crippen LogP contribution in [-0.2, 0) is 15.7 Å². The Morgan fingerprint density at radius 3 is 2.78 bits per heavy atom. The third-order valence-electron chi connectivity index (χ3n) is 6.72. The molecule has 1 saturated carbocycles. The fourth-order valence-corrected chi connectivity index (χ4v) is 5.64. The van der Waals surface area contributed by atoms with Crippen LogP contribution >= 0.6 is 11.3 Å². The lowest BCUT2D eigenvalue weighted by Crippen LogP contribution is -2.44. The Morgan fingerprint density at radius 1 is 1.38 bits per heavy atom. The van der Waals surface area contributed by atoms with Gasteiger partial charge in [0.2, 0.25) is 0 Å². The van der Waals surface area contributed by atoms with Gasteiger partial charge >= 0.3 is 6.18 Å². The first-order chi connectivity index (χ1) is 15.3. The van der Waals surface area contributed by atoms with E-state index in [2.05, 4.69) is 10.3 Å². The van der Waals surface area contributed by atoms with Crippen molar-refractivity contribution in [3.05, 3.63) is 22.6 Å². The number of alkyl halides is 3. The number of rotatable bonds is 5. The number of hydrogen-bond donors (Lipinski definition) is 1. The van der Waals surface area contributed by atoms with Crippen molar-refractivity contribution in [1.29, 1.82) is 0 Å². The number of halogens is 3. The number of fused-ring (bicyclic) bond motifs is 1. The molecule has 2 aromatic rings. The first-order valence-corrected chi connectivity index (χ1v) is 11.9. The molecule has 0 aromatic carbocycles. The van der Waals surface area contributed by atoms with E-state index in [0.717, 1.165) is 30.4 Å². The average Bonchev–Trinajstić information content (AvgIpc) is 3.38. The molecule has 5 rings (SSSR count). The first-order valence-electron chi connectivity index (χ1n) is 11.0. The van der Waals surface area contributed by atoms with Gasteiger partial charge in [0, 0.05) is 38.5 Å². The molecule has 1 amide bonds. The number of hydrogen-bond acceptors (Lipinski definition) is 6. The van der Waals surface area contributed by atoms with Crippen molar-refractivity contribution in [2.75, 3.05) is 38.3 Å². The van der Waals surface area contributed by atoms with E-state index in [1.54, 1.807) is 0 Å². The third kappa shape index (κ3) is 4.20. The zero-order valence-corrected chi connectivity index (χ0v) is 18.7. The van der Waals surface area contributed by atoms with Gasteiger partial charge in [-0.3, -0.25) is 4.79 Å². The number of anilines is 1. The zero-order chi connectivity index (χ0) is 22.5. The van der Waals surface area contributed by atoms with Gasteiger partial charge in [-0.1, -0.05) is 0 Å². The van der Waals surface area contributed by atoms with Crippen LogP contribution in [0.4, 0.5) is 19.0 Å². The van der Waals surface area contributed by atoms with Gasteiger partial charge in [0.15, 0.2) is 0 Å². The largest absolute Gasteiger partial charge is 0.417 e. The van der Waals surface area contributed by atoms with Crippen LogP contribution in [0.1, 0.15) is 48.0 Å². The van der Waals surface area contributed by atoms with Gasteiger partial charge in [-0.2, -0.15) is 13.2 Å². The van der Waals surface area contributed by atoms with Crippen LogP contribution in [0.5, 0.6) is 0 Å². The van der Waals surface area contributed by atoms with Crippen molar-refractivity contribution in [2.45, 2.75) is 50.0 Å². The summed E-state index contributed by atoms with van der Waals surface area (Å²) in [5.41, 5.74) is -0.742. The number of carbonyl (C=O) groups excluding carboxylic acids is 1. The van der Waals surface area contributed by atoms with Crippen molar-refractivity contribution in [2.24, 2.45) is 5.92 Å². The highest BCUT2D eigenvalue weighted by Crippen LogP contribution is 2.42. The third-order valence-corrected chi connectivity index (χ3v) is 7.73. The smallest absolute Gasteiger partial charge is 0.375 e. The topological polar surface area (TPSA) is 63.7 Å². The molecule has 0 bridgehead atoms. The molecule has 0 radical (unpaired) electrons. The molecule has 3 fully saturated rings. The molecular formula is C22H26F3N3O3S. The molecule has 32 heavy (non-hydrogen) atoms. The molecule has 10 heteroatoms. The second kappa shape index (κ2) is 8.14. The van der Waals surface area contributed by atoms with Crippen LogP contribution < -0.4 is 10.2 Å². The lowest BCUT2D eigenvalue weighted by Gasteiger charge is -2.39. The molecule has 1 unspecified atom stereocenters. The SMILES string of the molecule is CNC(=O)c1csc2c(C(F)(F)F)cc(N3CCC4(CC3)CC(OCC3CC3)CO4)nc12. The van der Waals surface area contributed by atoms with E-state index in [1.807, 2.05) is 4.90 Å². The highest BCUT2D eigenvalue weighted by molar-refractivity contribution is 7.17. The number of nitrogens with one attached hydrogen (secondary N) is 1. The normalized spacial score (nSPS) is 23.2. The fraction of sp³-hybridized carbons (Fsp3) is 0.636. The number of carbonyl (C=O) groups is 1. The van der Waals surface area contributed by atoms with Crippen molar-refractivity contribution < 1.29 is 27.4 Å². The minimum absolute atomic E-state index is 0.0110. The van der Waals surface area contributed by atoms with Crippen molar-refractivity contribution >= 4 is 33.3 Å². The highest BCUT2D eigenvalue weighted by Gasteiger charge is 2.44. The number of nitrogens with zero attached hydrogens (tertiary/aromatic N) is 2. The number of pyridine rings is 1. The standard InChI is InChI=1S/C22H26F3N3O3S/c1-26-20(29)15-12-32-19-16(22(23,24)25)8-17(27-18(15)19)28-6-4-21(5-7-28)9-14(11-31-21)30-10-13-2-3-13/h8,12-14H,2-7,9-11H2,1H3,(H,26,29). The molecule has 4 heterocycles. The Labute approximate surface area is 188 Å². The molecule has 1 aliphatic carbocycles. The molecular weight excluding hydrogens is 443 g/mol. The van der Waals surface area contributed by atoms with Gasteiger partial charge < -0.3 is 19.7 Å². The van der Waals surface area contributed by atoms with Crippen LogP contribution in [0.2, 0.25) is 0 Å². The quantitative estimate of drug-likeness (QED) is 0.710. The zero-order valence-electron chi connectivity index (χ0n) is 17.8. The Balaban J connectivity index is 1.35. The van der Waals surface area contributed by atoms with E-state index in [0.29, 0.717) is 38.5 Å². The number of amides is 1. The van der Waals surface area contributed by atoms with Crippen molar-refractivity contribution in [1.82, 2.24) is 10.3 Å². The van der Waals surface area contributed by atoms with E-state index in [-0.39, 0.29) is 33.3 Å². The maximum absolute atomic E-state index is 13.8. The van der Waals surface area contributed by atoms with Gasteiger partial charge in [0.1, 0.15) is 5.82 Å². The Morgan fingerprint density at radius 2 is 2.12 bits per heavy atom. The van der Waals surface area contributed by atoms with Gasteiger partial charge in [0.05, 0.1) is 39.7 Å². The number of thiophene rings is 1. The summed E-state index contributed by atoms with van der Waals surface area (Å²) in [6, 6.07) is 1.11. The predicted octanol–water partition coefficient (Wildman–Crippen LogP) is 4.23. The van der Waals surface area contributed by atoms with E-state index < -0.39 is 17.6 Å². The number of piperidine rings is 1. The van der Waals surface area contributed by atoms with E-state index in [9.17, 15) is 18.0 Å². The minimum atomic E-state index is -4.53. The highest BCUT2D eigenvalue weighted by atomic mass is 32.1. The lowest BCUT2D eigenvalue weighted by atomic mass is 9.88. The molecule has 2 aromatic heterocycles. The maximum atomic E-state index is 13.8. The summed E-state index contributed by atoms with van der Waals surface area (Å²) in [5, 5.41) is 3.92. The van der Waals surface area contributed by atoms with Crippen molar-refractivity contribution in [3.63, 3.8) is 0 Å². The summed E-state index contributed by atoms with van der Waals surface area (Å²) < 4.78 is 53.5. The number of aromatic nitrogens is 1. The molecule has 2 saturated heterocycles. The Kier molecular flexibility index (Phi) is 5.58. The van der Waals surface area contributed by atoms with E-state index in [1.165, 1.54) is 25.3 Å². The molecule has 3 aliphatic rings. The summed E-state index contributed by atoms with van der Waals surface area (Å²) in [5.74, 6) is 0.514. The Bertz CT molecular complexity index is 1010. The molecule has 174 valence electrons. The molecule has 6 nitrogen and oxygen atoms in total. The molecule has 1 N–H and O–H groups in total. The Hall–Kier alpha value is -1.91. The van der Waals surface area contributed by atoms with Crippen LogP contribution in [0, 0.1) is 5.92 Å². The summed E-state index contributed by atoms with van der Waals surface area (Å²) in [6.07, 6.45) is 0.326. The summed E-state index contributed by atoms with van der Waals surface area (Å²) in [7, 11) is 1.45. The number of ether oxygens (including phenoxy) is 2. The van der Waals surface area contributed by atoms with Gasteiger partial charge in [-0.15, -0.1) is 11.3 Å².